The summed E-state index contributed by atoms with van der Waals surface area (Å²) in [4.78, 5) is 30.0. The first kappa shape index (κ1) is 69.1. The van der Waals surface area contributed by atoms with Crippen LogP contribution in [0.15, 0.2) is 11.1 Å². The molecule has 3 aliphatic carbocycles. The zero-order valence-electron chi connectivity index (χ0n) is 34.5. The molecule has 8 nitrogen and oxygen atoms in total. The maximum absolute atomic E-state index is 15.8. The van der Waals surface area contributed by atoms with Gasteiger partial charge in [-0.15, -0.1) is 152 Å². The molecule has 1 saturated heterocycles. The van der Waals surface area contributed by atoms with Gasteiger partial charge in [-0.3, -0.25) is 4.79 Å². The molecular formula is C20H63O8P35. The lowest BCUT2D eigenvalue weighted by Gasteiger charge is -2.61. The summed E-state index contributed by atoms with van der Waals surface area (Å²) in [6.07, 6.45) is -2.26. The molecule has 1 heterocycles. The Balaban J connectivity index is 2.14. The molecule has 0 aromatic heterocycles. The van der Waals surface area contributed by atoms with Crippen molar-refractivity contribution in [2.24, 2.45) is 16.7 Å². The van der Waals surface area contributed by atoms with Crippen LogP contribution in [0.25, 0.3) is 0 Å². The van der Waals surface area contributed by atoms with Crippen LogP contribution in [0, 0.1) is 16.7 Å². The first-order valence-corrected chi connectivity index (χ1v) is 78.1. The summed E-state index contributed by atoms with van der Waals surface area (Å²) in [5, 5.41) is 0. The average Bonchev–Trinajstić information content (AvgIpc) is 3.47. The largest absolute Gasteiger partial charge is 0.509 e. The fraction of sp³-hybridized carbons (Fsp3) is 0.800. The van der Waals surface area contributed by atoms with E-state index < -0.39 is 160 Å². The number of carbonyl (C=O) groups excluding carboxylic acids is 2. The van der Waals surface area contributed by atoms with E-state index >= 15 is 4.79 Å². The SMILES string of the molecule is CC1=C2[C@H](OP(P(P)P)P(PP)P(P)P)C[C@]3(C)[C@@H](OP(P(P)P)P(P)P)C[C@@H](OP(P)P(P)P)C(=O)[C@H]3[C@@H]3OC(=O)O[C@@]3(C[C@@H]1OP(P(P)P(P)P)P(P(P)P)P(P)P)C2(C)C. The third-order valence-corrected chi connectivity index (χ3v) is 166. The Kier molecular flexibility index (Phi) is 33.9. The number of rotatable bonds is 20. The fourth-order valence-corrected chi connectivity index (χ4v) is 206. The molecule has 43 heteroatoms. The van der Waals surface area contributed by atoms with E-state index in [0.717, 1.165) is 11.1 Å². The molecule has 63 heavy (non-hydrogen) atoms. The van der Waals surface area contributed by atoms with E-state index in [4.69, 9.17) is 27.6 Å². The number of ether oxygens (including phenoxy) is 2. The summed E-state index contributed by atoms with van der Waals surface area (Å²) in [6, 6.07) is 0. The van der Waals surface area contributed by atoms with Gasteiger partial charge in [0.2, 0.25) is 0 Å². The van der Waals surface area contributed by atoms with Crippen LogP contribution in [0.1, 0.15) is 47.0 Å². The van der Waals surface area contributed by atoms with Gasteiger partial charge in [-0.2, -0.15) is 0 Å². The number of carbonyl (C=O) groups is 2. The summed E-state index contributed by atoms with van der Waals surface area (Å²) in [5.41, 5.74) is -0.578. The summed E-state index contributed by atoms with van der Waals surface area (Å²) in [5.74, 6) is -0.831. The van der Waals surface area contributed by atoms with Crippen molar-refractivity contribution in [3.05, 3.63) is 11.1 Å². The third kappa shape index (κ3) is 16.9. The fourth-order valence-electron chi connectivity index (χ4n) is 8.38. The second-order valence-electron chi connectivity index (χ2n) is 15.0. The first-order valence-electron chi connectivity index (χ1n) is 17.7. The number of ketones is 1. The highest BCUT2D eigenvalue weighted by atomic mass is 33.2. The average molecular weight is 1520 g/mol. The van der Waals surface area contributed by atoms with Crippen LogP contribution < -0.4 is 0 Å². The molecule has 1 aliphatic heterocycles. The molecule has 0 radical (unpaired) electrons. The monoisotopic (exact) mass is 1520 g/mol. The minimum Gasteiger partial charge on any atom is -0.426 e. The molecule has 0 amide bonds. The van der Waals surface area contributed by atoms with Crippen LogP contribution in [0.2, 0.25) is 0 Å². The highest BCUT2D eigenvalue weighted by molar-refractivity contribution is 9.19. The predicted molar refractivity (Wildman–Crippen MR) is 387 cm³/mol. The molecule has 3 fully saturated rings. The molecule has 25 unspecified atom stereocenters. The Labute approximate surface area is 440 Å². The Morgan fingerprint density at radius 2 is 1.16 bits per heavy atom. The van der Waals surface area contributed by atoms with Gasteiger partial charge in [-0.1, -0.05) is 46.6 Å². The van der Waals surface area contributed by atoms with E-state index in [1.165, 1.54) is 0 Å². The van der Waals surface area contributed by atoms with Crippen molar-refractivity contribution in [1.82, 2.24) is 0 Å². The van der Waals surface area contributed by atoms with Crippen LogP contribution in [-0.2, 0) is 32.4 Å². The Bertz CT molecular complexity index is 1590. The molecule has 33 atom stereocenters. The van der Waals surface area contributed by atoms with Crippen molar-refractivity contribution in [1.29, 1.82) is 0 Å². The van der Waals surface area contributed by atoms with Crippen molar-refractivity contribution >= 4 is 297 Å². The van der Waals surface area contributed by atoms with E-state index in [9.17, 15) is 4.79 Å². The number of hydrogen-bond donors (Lipinski definition) is 0. The summed E-state index contributed by atoms with van der Waals surface area (Å²) >= 11 is 0. The van der Waals surface area contributed by atoms with E-state index in [1.807, 2.05) is 0 Å². The van der Waals surface area contributed by atoms with Crippen LogP contribution in [-0.4, -0.2) is 48.1 Å². The van der Waals surface area contributed by atoms with Gasteiger partial charge in [0.1, 0.15) is 6.10 Å². The van der Waals surface area contributed by atoms with Crippen molar-refractivity contribution in [3.63, 3.8) is 0 Å². The van der Waals surface area contributed by atoms with Crippen molar-refractivity contribution in [2.75, 3.05) is 0 Å². The highest BCUT2D eigenvalue weighted by Gasteiger charge is 2.74. The van der Waals surface area contributed by atoms with Crippen molar-refractivity contribution in [2.45, 2.75) is 83.1 Å². The molecular weight excluding hydrogens is 1450 g/mol. The Morgan fingerprint density at radius 1 is 0.619 bits per heavy atom. The van der Waals surface area contributed by atoms with Crippen LogP contribution in [0.5, 0.6) is 0 Å². The highest BCUT2D eigenvalue weighted by Crippen LogP contribution is 3.18. The molecule has 2 saturated carbocycles. The summed E-state index contributed by atoms with van der Waals surface area (Å²) in [7, 11) is 55.0. The Morgan fingerprint density at radius 3 is 1.62 bits per heavy atom. The lowest BCUT2D eigenvalue weighted by Crippen LogP contribution is -2.69. The smallest absolute Gasteiger partial charge is 0.426 e. The Hall–Kier alpha value is 13.6. The number of fused-ring (bicyclic) bond motifs is 3. The van der Waals surface area contributed by atoms with Gasteiger partial charge >= 0.3 is 6.16 Å². The molecule has 0 N–H and O–H groups in total. The van der Waals surface area contributed by atoms with Crippen LogP contribution in [0.3, 0.4) is 0 Å². The van der Waals surface area contributed by atoms with Crippen LogP contribution in [0.4, 0.5) is 4.79 Å². The number of Topliss-reactive ketones (excluding diaryl/α,β-unsaturated/α-hetero) is 1. The van der Waals surface area contributed by atoms with Gasteiger partial charge in [-0.25, -0.2) is 4.79 Å². The predicted octanol–water partition coefficient (Wildman–Crippen LogP) is 22.1. The van der Waals surface area contributed by atoms with Crippen LogP contribution >= 0.6 is 285 Å². The molecule has 366 valence electrons. The second kappa shape index (κ2) is 30.9. The lowest BCUT2D eigenvalue weighted by atomic mass is 9.48. The van der Waals surface area contributed by atoms with E-state index in [2.05, 4.69) is 197 Å². The normalized spacial score (nSPS) is 32.7. The van der Waals surface area contributed by atoms with Crippen molar-refractivity contribution < 1.29 is 37.2 Å². The van der Waals surface area contributed by atoms with Gasteiger partial charge in [0.05, 0.1) is 54.3 Å². The van der Waals surface area contributed by atoms with E-state index in [0.29, 0.717) is 27.2 Å². The van der Waals surface area contributed by atoms with Crippen molar-refractivity contribution in [3.8, 4) is 0 Å². The molecule has 4 rings (SSSR count). The quantitative estimate of drug-likeness (QED) is 0.0677. The van der Waals surface area contributed by atoms with Gasteiger partial charge < -0.3 is 27.6 Å². The first-order chi connectivity index (χ1) is 29.0. The third-order valence-electron chi connectivity index (χ3n) is 11.0. The molecule has 0 aromatic rings. The lowest BCUT2D eigenvalue weighted by molar-refractivity contribution is -0.183. The molecule has 1 spiro atoms. The minimum atomic E-state index is -1.25. The van der Waals surface area contributed by atoms with E-state index in [1.54, 1.807) is 0 Å². The second-order valence-corrected chi connectivity index (χ2v) is 136. The van der Waals surface area contributed by atoms with E-state index in [-0.39, 0.29) is 11.9 Å². The molecule has 0 aromatic carbocycles. The topological polar surface area (TPSA) is 89.5 Å². The zero-order chi connectivity index (χ0) is 48.0. The summed E-state index contributed by atoms with van der Waals surface area (Å²) in [6.45, 7) is 2.98. The van der Waals surface area contributed by atoms with Gasteiger partial charge in [-0.05, 0) is 80.4 Å². The maximum atomic E-state index is 15.8. The molecule has 4 aliphatic rings. The van der Waals surface area contributed by atoms with Gasteiger partial charge in [0, 0.05) is 44.6 Å². The standard InChI is InChI=1S/C20H63O8P35/c1-8-10(26-52(61(47)57(39)40)63(59(43)44)60(45)46)7-20-16(23-17(22)24-20)14-15(21)9(25-49(30)53(31)32)5-12(28-50(54(33)34)55(35)36)19(14,4)6-11(13(8)18(20,2)3)27-51(56(37)38)62(48-29)58(41)42/h9-12,14,16,48H,5-7,29-47H2,1-4H3/t9-,10+,11-,12+,14+,16+,19-,20-,49?,51?,52?,61?,62?/m1/s1. The molecule has 2 bridgehead atoms. The maximum Gasteiger partial charge on any atom is 0.509 e. The zero-order valence-corrected chi connectivity index (χ0v) is 70.9. The summed E-state index contributed by atoms with van der Waals surface area (Å²) < 4.78 is 43.4. The number of hydrogen-bond acceptors (Lipinski definition) is 8. The van der Waals surface area contributed by atoms with Gasteiger partial charge in [0.15, 0.2) is 17.5 Å². The van der Waals surface area contributed by atoms with Gasteiger partial charge in [0.25, 0.3) is 0 Å². The minimum absolute atomic E-state index is 0.0381.